The van der Waals surface area contributed by atoms with Gasteiger partial charge in [0.25, 0.3) is 0 Å². The van der Waals surface area contributed by atoms with Crippen LogP contribution in [0.2, 0.25) is 0 Å². The topological polar surface area (TPSA) is 84.9 Å². The van der Waals surface area contributed by atoms with E-state index in [1.54, 1.807) is 0 Å². The average molecular weight is 337 g/mol. The zero-order chi connectivity index (χ0) is 17.9. The van der Waals surface area contributed by atoms with Gasteiger partial charge >= 0.3 is 12.1 Å². The zero-order valence-electron chi connectivity index (χ0n) is 14.5. The standard InChI is InChI=1S/C18H27NO5/c1-13(2)11-15(16(20)9-10-17(21)23-3)19-18(22)24-12-14-7-5-4-6-8-14/h4-8,13,15-16,20H,9-12H2,1-3H3,(H,19,22)/t15-,16+/m0/s1. The van der Waals surface area contributed by atoms with Gasteiger partial charge in [0, 0.05) is 6.42 Å². The number of carbonyl (C=O) groups is 2. The molecule has 0 unspecified atom stereocenters. The molecule has 0 fully saturated rings. The van der Waals surface area contributed by atoms with Crippen molar-refractivity contribution in [2.45, 2.75) is 51.9 Å². The number of methoxy groups -OCH3 is 1. The van der Waals surface area contributed by atoms with Crippen LogP contribution in [0, 0.1) is 5.92 Å². The van der Waals surface area contributed by atoms with Gasteiger partial charge in [0.15, 0.2) is 0 Å². The molecule has 1 aromatic carbocycles. The third-order valence-corrected chi connectivity index (χ3v) is 3.58. The van der Waals surface area contributed by atoms with Gasteiger partial charge in [-0.05, 0) is 24.3 Å². The van der Waals surface area contributed by atoms with Crippen LogP contribution in [-0.4, -0.2) is 36.4 Å². The highest BCUT2D eigenvalue weighted by Crippen LogP contribution is 2.13. The Morgan fingerprint density at radius 2 is 1.88 bits per heavy atom. The highest BCUT2D eigenvalue weighted by molar-refractivity contribution is 5.69. The summed E-state index contributed by atoms with van der Waals surface area (Å²) in [5.41, 5.74) is 0.888. The lowest BCUT2D eigenvalue weighted by atomic mass is 9.96. The average Bonchev–Trinajstić information content (AvgIpc) is 2.57. The minimum atomic E-state index is -0.837. The summed E-state index contributed by atoms with van der Waals surface area (Å²) in [4.78, 5) is 23.2. The van der Waals surface area contributed by atoms with Crippen molar-refractivity contribution in [2.24, 2.45) is 5.92 Å². The number of benzene rings is 1. The van der Waals surface area contributed by atoms with Crippen LogP contribution < -0.4 is 5.32 Å². The largest absolute Gasteiger partial charge is 0.469 e. The van der Waals surface area contributed by atoms with E-state index in [4.69, 9.17) is 4.74 Å². The number of esters is 1. The van der Waals surface area contributed by atoms with Gasteiger partial charge in [0.2, 0.25) is 0 Å². The minimum absolute atomic E-state index is 0.104. The van der Waals surface area contributed by atoms with Crippen LogP contribution in [-0.2, 0) is 20.9 Å². The molecule has 0 aliphatic carbocycles. The molecule has 2 N–H and O–H groups in total. The number of alkyl carbamates (subject to hydrolysis) is 1. The van der Waals surface area contributed by atoms with Gasteiger partial charge in [-0.1, -0.05) is 44.2 Å². The smallest absolute Gasteiger partial charge is 0.407 e. The molecule has 6 heteroatoms. The molecule has 24 heavy (non-hydrogen) atoms. The van der Waals surface area contributed by atoms with Crippen molar-refractivity contribution in [2.75, 3.05) is 7.11 Å². The van der Waals surface area contributed by atoms with Gasteiger partial charge in [-0.3, -0.25) is 4.79 Å². The van der Waals surface area contributed by atoms with Crippen LogP contribution in [0.25, 0.3) is 0 Å². The van der Waals surface area contributed by atoms with Gasteiger partial charge in [-0.25, -0.2) is 4.79 Å². The van der Waals surface area contributed by atoms with Gasteiger partial charge in [-0.15, -0.1) is 0 Å². The van der Waals surface area contributed by atoms with E-state index in [0.29, 0.717) is 6.42 Å². The van der Waals surface area contributed by atoms with E-state index in [1.807, 2.05) is 44.2 Å². The van der Waals surface area contributed by atoms with E-state index in [2.05, 4.69) is 10.1 Å². The number of hydrogen-bond acceptors (Lipinski definition) is 5. The molecule has 0 aliphatic rings. The van der Waals surface area contributed by atoms with Crippen molar-refractivity contribution in [1.29, 1.82) is 0 Å². The first kappa shape index (κ1) is 20.0. The van der Waals surface area contributed by atoms with Crippen molar-refractivity contribution < 1.29 is 24.2 Å². The van der Waals surface area contributed by atoms with E-state index in [9.17, 15) is 14.7 Å². The Labute approximate surface area is 143 Å². The normalized spacial score (nSPS) is 13.2. The van der Waals surface area contributed by atoms with Gasteiger partial charge in [0.1, 0.15) is 6.61 Å². The Morgan fingerprint density at radius 1 is 1.21 bits per heavy atom. The quantitative estimate of drug-likeness (QED) is 0.677. The summed E-state index contributed by atoms with van der Waals surface area (Å²) in [5, 5.41) is 13.0. The maximum Gasteiger partial charge on any atom is 0.407 e. The van der Waals surface area contributed by atoms with E-state index in [-0.39, 0.29) is 31.3 Å². The molecule has 0 heterocycles. The van der Waals surface area contributed by atoms with E-state index >= 15 is 0 Å². The molecule has 6 nitrogen and oxygen atoms in total. The summed E-state index contributed by atoms with van der Waals surface area (Å²) in [6, 6.07) is 8.88. The molecule has 1 rings (SSSR count). The number of aliphatic hydroxyl groups is 1. The summed E-state index contributed by atoms with van der Waals surface area (Å²) in [6.07, 6.45) is -0.504. The minimum Gasteiger partial charge on any atom is -0.469 e. The summed E-state index contributed by atoms with van der Waals surface area (Å²) in [7, 11) is 1.31. The maximum absolute atomic E-state index is 12.0. The fourth-order valence-corrected chi connectivity index (χ4v) is 2.31. The summed E-state index contributed by atoms with van der Waals surface area (Å²) in [5.74, 6) is -0.110. The molecule has 2 atom stereocenters. The molecule has 0 aliphatic heterocycles. The van der Waals surface area contributed by atoms with Crippen molar-refractivity contribution in [3.63, 3.8) is 0 Å². The third kappa shape index (κ3) is 7.97. The van der Waals surface area contributed by atoms with Gasteiger partial charge in [-0.2, -0.15) is 0 Å². The lowest BCUT2D eigenvalue weighted by molar-refractivity contribution is -0.141. The monoisotopic (exact) mass is 337 g/mol. The first-order valence-electron chi connectivity index (χ1n) is 8.14. The van der Waals surface area contributed by atoms with Crippen molar-refractivity contribution >= 4 is 12.1 Å². The molecule has 0 saturated carbocycles. The molecule has 0 radical (unpaired) electrons. The lowest BCUT2D eigenvalue weighted by Crippen LogP contribution is -2.44. The van der Waals surface area contributed by atoms with Crippen LogP contribution in [0.15, 0.2) is 30.3 Å². The Balaban J connectivity index is 2.51. The number of ether oxygens (including phenoxy) is 2. The number of aliphatic hydroxyl groups excluding tert-OH is 1. The molecule has 0 saturated heterocycles. The summed E-state index contributed by atoms with van der Waals surface area (Å²) in [6.45, 7) is 4.16. The molecule has 0 spiro atoms. The van der Waals surface area contributed by atoms with Crippen LogP contribution in [0.4, 0.5) is 4.79 Å². The highest BCUT2D eigenvalue weighted by Gasteiger charge is 2.23. The Bertz CT molecular complexity index is 503. The Hall–Kier alpha value is -2.08. The van der Waals surface area contributed by atoms with Crippen molar-refractivity contribution in [1.82, 2.24) is 5.32 Å². The fraction of sp³-hybridized carbons (Fsp3) is 0.556. The van der Waals surface area contributed by atoms with Crippen LogP contribution in [0.1, 0.15) is 38.7 Å². The Kier molecular flexibility index (Phi) is 8.86. The molecule has 134 valence electrons. The predicted octanol–water partition coefficient (Wildman–Crippen LogP) is 2.64. The molecule has 0 aromatic heterocycles. The number of carbonyl (C=O) groups excluding carboxylic acids is 2. The number of amides is 1. The van der Waals surface area contributed by atoms with Gasteiger partial charge in [0.05, 0.1) is 19.3 Å². The lowest BCUT2D eigenvalue weighted by Gasteiger charge is -2.25. The van der Waals surface area contributed by atoms with Gasteiger partial charge < -0.3 is 19.9 Å². The van der Waals surface area contributed by atoms with Crippen molar-refractivity contribution in [3.8, 4) is 0 Å². The highest BCUT2D eigenvalue weighted by atomic mass is 16.5. The predicted molar refractivity (Wildman–Crippen MR) is 90.3 cm³/mol. The number of hydrogen-bond donors (Lipinski definition) is 2. The second kappa shape index (κ2) is 10.6. The van der Waals surface area contributed by atoms with E-state index < -0.39 is 18.2 Å². The molecule has 1 aromatic rings. The third-order valence-electron chi connectivity index (χ3n) is 3.58. The number of nitrogens with one attached hydrogen (secondary N) is 1. The molecular weight excluding hydrogens is 310 g/mol. The molecular formula is C18H27NO5. The first-order chi connectivity index (χ1) is 11.4. The van der Waals surface area contributed by atoms with E-state index in [1.165, 1.54) is 7.11 Å². The van der Waals surface area contributed by atoms with Crippen LogP contribution in [0.3, 0.4) is 0 Å². The van der Waals surface area contributed by atoms with E-state index in [0.717, 1.165) is 5.56 Å². The van der Waals surface area contributed by atoms with Crippen LogP contribution >= 0.6 is 0 Å². The summed E-state index contributed by atoms with van der Waals surface area (Å²) < 4.78 is 9.75. The molecule has 1 amide bonds. The molecule has 0 bridgehead atoms. The number of rotatable bonds is 9. The Morgan fingerprint density at radius 3 is 2.46 bits per heavy atom. The van der Waals surface area contributed by atoms with Crippen LogP contribution in [0.5, 0.6) is 0 Å². The summed E-state index contributed by atoms with van der Waals surface area (Å²) >= 11 is 0. The SMILES string of the molecule is COC(=O)CC[C@@H](O)[C@H](CC(C)C)NC(=O)OCc1ccccc1. The second-order valence-corrected chi connectivity index (χ2v) is 6.12. The first-order valence-corrected chi connectivity index (χ1v) is 8.14. The maximum atomic E-state index is 12.0. The fourth-order valence-electron chi connectivity index (χ4n) is 2.31. The zero-order valence-corrected chi connectivity index (χ0v) is 14.5. The second-order valence-electron chi connectivity index (χ2n) is 6.12. The van der Waals surface area contributed by atoms with Crippen molar-refractivity contribution in [3.05, 3.63) is 35.9 Å².